The van der Waals surface area contributed by atoms with E-state index >= 15 is 0 Å². The second-order valence-corrected chi connectivity index (χ2v) is 8.84. The molecule has 0 bridgehead atoms. The third-order valence-electron chi connectivity index (χ3n) is 3.23. The summed E-state index contributed by atoms with van der Waals surface area (Å²) in [6.45, 7) is 10.5. The van der Waals surface area contributed by atoms with Gasteiger partial charge in [-0.05, 0) is 34.1 Å². The van der Waals surface area contributed by atoms with Crippen LogP contribution in [0, 0.1) is 0 Å². The molecule has 0 spiro atoms. The van der Waals surface area contributed by atoms with Gasteiger partial charge in [-0.1, -0.05) is 45.4 Å². The van der Waals surface area contributed by atoms with Gasteiger partial charge in [0.15, 0.2) is 0 Å². The summed E-state index contributed by atoms with van der Waals surface area (Å²) < 4.78 is 17.8. The SMILES string of the molecule is CCCCCCCCC[Si](OC)(OC(C)C)OC(C)C. The normalized spacial score (nSPS) is 12.6. The molecule has 0 aromatic rings. The topological polar surface area (TPSA) is 27.7 Å². The Labute approximate surface area is 127 Å². The van der Waals surface area contributed by atoms with Crippen LogP contribution >= 0.6 is 0 Å². The van der Waals surface area contributed by atoms with E-state index in [1.165, 1.54) is 38.5 Å². The Kier molecular flexibility index (Phi) is 11.8. The van der Waals surface area contributed by atoms with Gasteiger partial charge < -0.3 is 13.3 Å². The molecule has 3 nitrogen and oxygen atoms in total. The molecule has 0 N–H and O–H groups in total. The Morgan fingerprint density at radius 2 is 1.20 bits per heavy atom. The van der Waals surface area contributed by atoms with Crippen LogP contribution in [0.25, 0.3) is 0 Å². The van der Waals surface area contributed by atoms with Crippen LogP contribution in [0.15, 0.2) is 0 Å². The quantitative estimate of drug-likeness (QED) is 0.347. The molecule has 0 saturated carbocycles. The number of hydrogen-bond acceptors (Lipinski definition) is 3. The summed E-state index contributed by atoms with van der Waals surface area (Å²) in [5, 5.41) is 0. The van der Waals surface area contributed by atoms with Crippen molar-refractivity contribution in [1.82, 2.24) is 0 Å². The Bertz CT molecular complexity index is 210. The fourth-order valence-corrected chi connectivity index (χ4v) is 5.17. The van der Waals surface area contributed by atoms with E-state index in [-0.39, 0.29) is 12.2 Å². The number of rotatable bonds is 13. The maximum Gasteiger partial charge on any atom is 0.501 e. The van der Waals surface area contributed by atoms with Gasteiger partial charge in [-0.15, -0.1) is 0 Å². The summed E-state index contributed by atoms with van der Waals surface area (Å²) in [4.78, 5) is 0. The van der Waals surface area contributed by atoms with Crippen LogP contribution in [-0.4, -0.2) is 28.1 Å². The second kappa shape index (κ2) is 11.7. The van der Waals surface area contributed by atoms with Crippen LogP contribution < -0.4 is 0 Å². The highest BCUT2D eigenvalue weighted by molar-refractivity contribution is 6.60. The van der Waals surface area contributed by atoms with Crippen LogP contribution in [0.2, 0.25) is 6.04 Å². The second-order valence-electron chi connectivity index (χ2n) is 6.09. The lowest BCUT2D eigenvalue weighted by molar-refractivity contribution is 0.0323. The molecular weight excluding hydrogens is 268 g/mol. The highest BCUT2D eigenvalue weighted by Crippen LogP contribution is 2.23. The van der Waals surface area contributed by atoms with E-state index in [0.717, 1.165) is 12.5 Å². The first kappa shape index (κ1) is 20.1. The highest BCUT2D eigenvalue weighted by atomic mass is 28.4. The molecule has 0 amide bonds. The van der Waals surface area contributed by atoms with Crippen molar-refractivity contribution >= 4 is 8.80 Å². The maximum atomic E-state index is 6.04. The fraction of sp³-hybridized carbons (Fsp3) is 1.00. The first-order chi connectivity index (χ1) is 9.45. The van der Waals surface area contributed by atoms with Crippen molar-refractivity contribution in [3.05, 3.63) is 0 Å². The van der Waals surface area contributed by atoms with Gasteiger partial charge in [0.2, 0.25) is 0 Å². The zero-order valence-corrected chi connectivity index (χ0v) is 15.5. The minimum absolute atomic E-state index is 0.157. The van der Waals surface area contributed by atoms with Crippen molar-refractivity contribution in [2.24, 2.45) is 0 Å². The summed E-state index contributed by atoms with van der Waals surface area (Å²) in [6, 6.07) is 0.938. The van der Waals surface area contributed by atoms with Crippen molar-refractivity contribution in [2.45, 2.75) is 97.8 Å². The van der Waals surface area contributed by atoms with Crippen LogP contribution in [0.5, 0.6) is 0 Å². The Balaban J connectivity index is 4.08. The zero-order valence-electron chi connectivity index (χ0n) is 14.5. The number of hydrogen-bond donors (Lipinski definition) is 0. The van der Waals surface area contributed by atoms with Gasteiger partial charge in [-0.3, -0.25) is 0 Å². The van der Waals surface area contributed by atoms with Gasteiger partial charge in [0.05, 0.1) is 0 Å². The molecule has 122 valence electrons. The molecule has 0 rings (SSSR count). The lowest BCUT2D eigenvalue weighted by Crippen LogP contribution is -2.48. The fourth-order valence-electron chi connectivity index (χ4n) is 2.36. The van der Waals surface area contributed by atoms with Crippen LogP contribution in [0.1, 0.15) is 79.6 Å². The minimum Gasteiger partial charge on any atom is -0.377 e. The molecule has 0 aliphatic carbocycles. The molecule has 0 atom stereocenters. The number of unbranched alkanes of at least 4 members (excludes halogenated alkanes) is 6. The van der Waals surface area contributed by atoms with Crippen molar-refractivity contribution in [1.29, 1.82) is 0 Å². The Morgan fingerprint density at radius 1 is 0.750 bits per heavy atom. The first-order valence-electron chi connectivity index (χ1n) is 8.36. The van der Waals surface area contributed by atoms with E-state index in [0.29, 0.717) is 0 Å². The van der Waals surface area contributed by atoms with Crippen LogP contribution in [0.3, 0.4) is 0 Å². The summed E-state index contributed by atoms with van der Waals surface area (Å²) >= 11 is 0. The predicted molar refractivity (Wildman–Crippen MR) is 88.0 cm³/mol. The molecule has 0 fully saturated rings. The smallest absolute Gasteiger partial charge is 0.377 e. The summed E-state index contributed by atoms with van der Waals surface area (Å²) in [5.41, 5.74) is 0. The summed E-state index contributed by atoms with van der Waals surface area (Å²) in [5.74, 6) is 0. The Hall–Kier alpha value is 0.0969. The molecule has 4 heteroatoms. The van der Waals surface area contributed by atoms with Crippen molar-refractivity contribution < 1.29 is 13.3 Å². The van der Waals surface area contributed by atoms with Crippen molar-refractivity contribution in [3.63, 3.8) is 0 Å². The molecule has 20 heavy (non-hydrogen) atoms. The lowest BCUT2D eigenvalue weighted by atomic mass is 10.1. The van der Waals surface area contributed by atoms with Gasteiger partial charge in [-0.25, -0.2) is 0 Å². The van der Waals surface area contributed by atoms with E-state index in [4.69, 9.17) is 13.3 Å². The van der Waals surface area contributed by atoms with Crippen LogP contribution in [-0.2, 0) is 13.3 Å². The minimum atomic E-state index is -2.47. The molecule has 0 aromatic heterocycles. The monoisotopic (exact) mass is 304 g/mol. The van der Waals surface area contributed by atoms with E-state index in [2.05, 4.69) is 34.6 Å². The van der Waals surface area contributed by atoms with E-state index in [1.54, 1.807) is 7.11 Å². The highest BCUT2D eigenvalue weighted by Gasteiger charge is 2.41. The van der Waals surface area contributed by atoms with Crippen LogP contribution in [0.4, 0.5) is 0 Å². The molecular formula is C16H36O3Si. The largest absolute Gasteiger partial charge is 0.501 e. The average molecular weight is 305 g/mol. The van der Waals surface area contributed by atoms with E-state index < -0.39 is 8.80 Å². The van der Waals surface area contributed by atoms with Gasteiger partial charge in [0.1, 0.15) is 0 Å². The Morgan fingerprint density at radius 3 is 1.60 bits per heavy atom. The van der Waals surface area contributed by atoms with Crippen molar-refractivity contribution in [3.8, 4) is 0 Å². The molecule has 0 heterocycles. The van der Waals surface area contributed by atoms with Gasteiger partial charge >= 0.3 is 8.80 Å². The third-order valence-corrected chi connectivity index (χ3v) is 6.48. The molecule has 0 radical (unpaired) electrons. The molecule has 0 saturated heterocycles. The van der Waals surface area contributed by atoms with Gasteiger partial charge in [-0.2, -0.15) is 0 Å². The van der Waals surface area contributed by atoms with Gasteiger partial charge in [0, 0.05) is 25.4 Å². The molecule has 0 aliphatic heterocycles. The summed E-state index contributed by atoms with van der Waals surface area (Å²) in [7, 11) is -0.737. The summed E-state index contributed by atoms with van der Waals surface area (Å²) in [6.07, 6.45) is 9.43. The predicted octanol–water partition coefficient (Wildman–Crippen LogP) is 5.17. The third kappa shape index (κ3) is 9.92. The zero-order chi connectivity index (χ0) is 15.4. The first-order valence-corrected chi connectivity index (χ1v) is 10.3. The lowest BCUT2D eigenvalue weighted by Gasteiger charge is -2.31. The standard InChI is InChI=1S/C16H36O3Si/c1-7-8-9-10-11-12-13-14-20(17-6,18-15(2)3)19-16(4)5/h15-16H,7-14H2,1-6H3. The average Bonchev–Trinajstić information content (AvgIpc) is 2.36. The molecule has 0 aromatic carbocycles. The molecule has 0 aliphatic rings. The maximum absolute atomic E-state index is 6.04. The van der Waals surface area contributed by atoms with Crippen molar-refractivity contribution in [2.75, 3.05) is 7.11 Å². The van der Waals surface area contributed by atoms with Gasteiger partial charge in [0.25, 0.3) is 0 Å². The van der Waals surface area contributed by atoms with E-state index in [1.807, 2.05) is 0 Å². The van der Waals surface area contributed by atoms with E-state index in [9.17, 15) is 0 Å². The molecule has 0 unspecified atom stereocenters.